The molecular weight excluding hydrogens is 746 g/mol. The van der Waals surface area contributed by atoms with Crippen LogP contribution in [-0.4, -0.2) is 68.9 Å². The Morgan fingerprint density at radius 3 is 1.83 bits per heavy atom. The molecule has 0 atom stereocenters. The molecule has 4 rings (SSSR count). The number of anilines is 4. The lowest BCUT2D eigenvalue weighted by Gasteiger charge is -2.23. The second-order valence-electron chi connectivity index (χ2n) is 10.8. The minimum Gasteiger partial charge on any atom is -0.388 e. The van der Waals surface area contributed by atoms with E-state index in [-0.39, 0.29) is 30.6 Å². The van der Waals surface area contributed by atoms with Crippen molar-refractivity contribution in [3.63, 3.8) is 0 Å². The summed E-state index contributed by atoms with van der Waals surface area (Å²) in [5.41, 5.74) is 9.15. The van der Waals surface area contributed by atoms with E-state index in [1.807, 2.05) is 18.2 Å². The summed E-state index contributed by atoms with van der Waals surface area (Å²) in [4.78, 5) is 53.6. The number of aromatic nitrogens is 2. The summed E-state index contributed by atoms with van der Waals surface area (Å²) in [6.45, 7) is 1.83. The van der Waals surface area contributed by atoms with E-state index in [1.165, 1.54) is 0 Å². The van der Waals surface area contributed by atoms with Gasteiger partial charge in [0.2, 0.25) is 0 Å². The van der Waals surface area contributed by atoms with Crippen LogP contribution in [0.3, 0.4) is 0 Å². The number of nitrogens with one attached hydrogen (secondary N) is 5. The van der Waals surface area contributed by atoms with Crippen molar-refractivity contribution in [1.82, 2.24) is 14.5 Å². The molecule has 0 saturated carbocycles. The fraction of sp³-hybridized carbons (Fsp3) is 0.242. The van der Waals surface area contributed by atoms with Crippen LogP contribution in [0.4, 0.5) is 22.7 Å². The average Bonchev–Trinajstić information content (AvgIpc) is 3.61. The predicted octanol–water partition coefficient (Wildman–Crippen LogP) is 4.77. The van der Waals surface area contributed by atoms with Crippen LogP contribution in [0.2, 0.25) is 0 Å². The standard InChI is InChI=1S/C33H37Br2N9O4/c1-42-19-24(17-27(42)32(47)38-13-10-29(36)37)40-30(45)21-6-8-23(9-7-21)39-33(48)28-18-25(20-43(28)2)41-31(46)22-4-3-5-26(16-22)44(14-11-34)15-12-35/h3-9,16-20H,10-15H2,1-2H3,(H3,36,37)(H,38,47)(H,39,48)(H,40,45)(H,41,46). The number of hydrogen-bond acceptors (Lipinski definition) is 6. The van der Waals surface area contributed by atoms with Gasteiger partial charge in [0, 0.05) is 85.7 Å². The molecule has 0 saturated heterocycles. The number of carbonyl (C=O) groups excluding carboxylic acids is 4. The molecule has 2 aromatic carbocycles. The number of carbonyl (C=O) groups is 4. The Morgan fingerprint density at radius 2 is 1.27 bits per heavy atom. The first-order valence-corrected chi connectivity index (χ1v) is 17.2. The van der Waals surface area contributed by atoms with E-state index in [0.717, 1.165) is 29.4 Å². The lowest BCUT2D eigenvalue weighted by molar-refractivity contribution is 0.0944. The number of amides is 4. The molecule has 2 heterocycles. The van der Waals surface area contributed by atoms with Gasteiger partial charge in [-0.1, -0.05) is 37.9 Å². The zero-order valence-electron chi connectivity index (χ0n) is 26.5. The number of alkyl halides is 2. The fourth-order valence-corrected chi connectivity index (χ4v) is 5.70. The Hall–Kier alpha value is -4.89. The number of aryl methyl sites for hydroxylation is 2. The third kappa shape index (κ3) is 9.58. The molecule has 0 radical (unpaired) electrons. The number of rotatable bonds is 15. The van der Waals surface area contributed by atoms with E-state index in [0.29, 0.717) is 39.6 Å². The third-order valence-electron chi connectivity index (χ3n) is 7.26. The van der Waals surface area contributed by atoms with Crippen LogP contribution in [0.5, 0.6) is 0 Å². The Balaban J connectivity index is 1.34. The summed E-state index contributed by atoms with van der Waals surface area (Å²) in [6, 6.07) is 16.9. The van der Waals surface area contributed by atoms with Gasteiger partial charge in [-0.15, -0.1) is 0 Å². The molecule has 0 aliphatic heterocycles. The second kappa shape index (κ2) is 16.8. The highest BCUT2D eigenvalue weighted by atomic mass is 79.9. The van der Waals surface area contributed by atoms with E-state index < -0.39 is 11.8 Å². The zero-order valence-corrected chi connectivity index (χ0v) is 29.7. The maximum atomic E-state index is 13.1. The lowest BCUT2D eigenvalue weighted by Crippen LogP contribution is -2.28. The van der Waals surface area contributed by atoms with E-state index in [4.69, 9.17) is 11.1 Å². The Kier molecular flexibility index (Phi) is 12.6. The summed E-state index contributed by atoms with van der Waals surface area (Å²) < 4.78 is 3.20. The number of benzene rings is 2. The van der Waals surface area contributed by atoms with Gasteiger partial charge in [-0.25, -0.2) is 0 Å². The normalized spacial score (nSPS) is 10.7. The molecule has 0 bridgehead atoms. The van der Waals surface area contributed by atoms with Gasteiger partial charge in [0.05, 0.1) is 17.2 Å². The van der Waals surface area contributed by atoms with Crippen molar-refractivity contribution < 1.29 is 19.2 Å². The Labute approximate surface area is 295 Å². The quantitative estimate of drug-likeness (QED) is 0.0575. The first-order chi connectivity index (χ1) is 23.0. The first kappa shape index (κ1) is 36.0. The van der Waals surface area contributed by atoms with Crippen molar-refractivity contribution in [3.8, 4) is 0 Å². The summed E-state index contributed by atoms with van der Waals surface area (Å²) >= 11 is 6.96. The van der Waals surface area contributed by atoms with Crippen molar-refractivity contribution in [1.29, 1.82) is 5.41 Å². The average molecular weight is 784 g/mol. The van der Waals surface area contributed by atoms with E-state index in [9.17, 15) is 19.2 Å². The summed E-state index contributed by atoms with van der Waals surface area (Å²) in [6.07, 6.45) is 3.52. The largest absolute Gasteiger partial charge is 0.388 e. The van der Waals surface area contributed by atoms with Gasteiger partial charge in [-0.05, 0) is 54.6 Å². The van der Waals surface area contributed by atoms with Crippen LogP contribution in [0, 0.1) is 5.41 Å². The molecule has 48 heavy (non-hydrogen) atoms. The van der Waals surface area contributed by atoms with Gasteiger partial charge in [-0.3, -0.25) is 24.6 Å². The molecule has 13 nitrogen and oxygen atoms in total. The fourth-order valence-electron chi connectivity index (χ4n) is 4.84. The Morgan fingerprint density at radius 1 is 0.729 bits per heavy atom. The van der Waals surface area contributed by atoms with Crippen LogP contribution in [0.15, 0.2) is 73.1 Å². The lowest BCUT2D eigenvalue weighted by atomic mass is 10.1. The minimum atomic E-state index is -0.394. The number of hydrogen-bond donors (Lipinski definition) is 6. The molecular formula is C33H37Br2N9O4. The highest BCUT2D eigenvalue weighted by Crippen LogP contribution is 2.21. The van der Waals surface area contributed by atoms with Crippen LogP contribution < -0.4 is 31.9 Å². The molecule has 0 aliphatic rings. The van der Waals surface area contributed by atoms with Crippen molar-refractivity contribution in [2.45, 2.75) is 6.42 Å². The van der Waals surface area contributed by atoms with E-state index in [1.54, 1.807) is 78.1 Å². The molecule has 252 valence electrons. The van der Waals surface area contributed by atoms with E-state index in [2.05, 4.69) is 58.0 Å². The topological polar surface area (TPSA) is 179 Å². The van der Waals surface area contributed by atoms with Gasteiger partial charge in [-0.2, -0.15) is 0 Å². The summed E-state index contributed by atoms with van der Waals surface area (Å²) in [5, 5.41) is 20.0. The highest BCUT2D eigenvalue weighted by Gasteiger charge is 2.17. The van der Waals surface area contributed by atoms with Crippen LogP contribution in [0.25, 0.3) is 0 Å². The van der Waals surface area contributed by atoms with Gasteiger partial charge >= 0.3 is 0 Å². The van der Waals surface area contributed by atoms with Crippen molar-refractivity contribution in [3.05, 3.63) is 95.6 Å². The number of amidine groups is 1. The number of halogens is 2. The molecule has 0 fully saturated rings. The van der Waals surface area contributed by atoms with Crippen LogP contribution in [-0.2, 0) is 14.1 Å². The van der Waals surface area contributed by atoms with Crippen molar-refractivity contribution in [2.24, 2.45) is 19.8 Å². The maximum absolute atomic E-state index is 13.1. The summed E-state index contributed by atoms with van der Waals surface area (Å²) in [5.74, 6) is -1.45. The molecule has 2 aromatic heterocycles. The SMILES string of the molecule is Cn1cc(NC(=O)c2ccc(NC(=O)c3cc(NC(=O)c4cccc(N(CCBr)CCBr)c4)cn3C)cc2)cc1C(=O)NCCC(=N)N. The van der Waals surface area contributed by atoms with Crippen LogP contribution >= 0.6 is 31.9 Å². The second-order valence-corrected chi connectivity index (χ2v) is 12.4. The van der Waals surface area contributed by atoms with Crippen molar-refractivity contribution >= 4 is 84.1 Å². The van der Waals surface area contributed by atoms with E-state index >= 15 is 0 Å². The molecule has 0 aliphatic carbocycles. The predicted molar refractivity (Wildman–Crippen MR) is 196 cm³/mol. The number of nitrogens with two attached hydrogens (primary N) is 1. The third-order valence-corrected chi connectivity index (χ3v) is 7.97. The molecule has 7 N–H and O–H groups in total. The first-order valence-electron chi connectivity index (χ1n) is 14.9. The smallest absolute Gasteiger partial charge is 0.272 e. The number of nitrogens with zero attached hydrogens (tertiary/aromatic N) is 3. The van der Waals surface area contributed by atoms with Gasteiger partial charge in [0.25, 0.3) is 23.6 Å². The molecule has 4 amide bonds. The monoisotopic (exact) mass is 781 g/mol. The molecule has 0 unspecified atom stereocenters. The maximum Gasteiger partial charge on any atom is 0.272 e. The van der Waals surface area contributed by atoms with Gasteiger partial charge < -0.3 is 41.0 Å². The van der Waals surface area contributed by atoms with Crippen LogP contribution in [0.1, 0.15) is 48.1 Å². The highest BCUT2D eigenvalue weighted by molar-refractivity contribution is 9.09. The molecule has 0 spiro atoms. The Bertz CT molecular complexity index is 1790. The van der Waals surface area contributed by atoms with Gasteiger partial charge in [0.15, 0.2) is 0 Å². The van der Waals surface area contributed by atoms with Crippen molar-refractivity contribution in [2.75, 3.05) is 51.1 Å². The molecule has 15 heteroatoms. The van der Waals surface area contributed by atoms with Gasteiger partial charge in [0.1, 0.15) is 11.4 Å². The molecule has 4 aromatic rings. The minimum absolute atomic E-state index is 0.0209. The summed E-state index contributed by atoms with van der Waals surface area (Å²) in [7, 11) is 3.39. The zero-order chi connectivity index (χ0) is 34.8.